The molecule has 1 aromatic heterocycles. The van der Waals surface area contributed by atoms with E-state index in [9.17, 15) is 9.35 Å². The minimum Gasteiger partial charge on any atom is -0.598 e. The lowest BCUT2D eigenvalue weighted by Crippen LogP contribution is -2.40. The Bertz CT molecular complexity index is 1190. The maximum Gasteiger partial charge on any atom is 0.261 e. The van der Waals surface area contributed by atoms with E-state index >= 15 is 0 Å². The lowest BCUT2D eigenvalue weighted by molar-refractivity contribution is 0.531. The Morgan fingerprint density at radius 2 is 1.87 bits per heavy atom. The van der Waals surface area contributed by atoms with Crippen LogP contribution in [0.3, 0.4) is 0 Å². The molecule has 0 bridgehead atoms. The average molecular weight is 423 g/mol. The third kappa shape index (κ3) is 4.26. The van der Waals surface area contributed by atoms with Gasteiger partial charge < -0.3 is 4.55 Å². The van der Waals surface area contributed by atoms with E-state index in [2.05, 4.69) is 10.8 Å². The predicted octanol–water partition coefficient (Wildman–Crippen LogP) is 3.89. The molecule has 1 N–H and O–H groups in total. The Morgan fingerprint density at radius 1 is 1.23 bits per heavy atom. The summed E-state index contributed by atoms with van der Waals surface area (Å²) < 4.78 is 16.9. The number of aryl methyl sites for hydroxylation is 1. The first kappa shape index (κ1) is 22.0. The molecule has 6 nitrogen and oxygen atoms in total. The van der Waals surface area contributed by atoms with E-state index in [0.29, 0.717) is 22.3 Å². The highest BCUT2D eigenvalue weighted by Gasteiger charge is 2.29. The zero-order chi connectivity index (χ0) is 22.2. The lowest BCUT2D eigenvalue weighted by atomic mass is 10.0. The fourth-order valence-electron chi connectivity index (χ4n) is 3.24. The molecule has 0 aliphatic carbocycles. The Labute approximate surface area is 179 Å². The first-order valence-corrected chi connectivity index (χ1v) is 10.9. The number of benzene rings is 2. The molecule has 0 radical (unpaired) electrons. The number of nitriles is 1. The van der Waals surface area contributed by atoms with Crippen LogP contribution in [0.4, 0.5) is 0 Å². The van der Waals surface area contributed by atoms with Gasteiger partial charge in [0.05, 0.1) is 28.6 Å². The van der Waals surface area contributed by atoms with E-state index in [1.807, 2.05) is 46.8 Å². The standard InChI is InChI=1S/C23H26N4O2S/c1-14-11-18(15(2)26-30(29)23(3,4)5)20-19(12-14)22(28)27(6)21(25-20)17-9-7-16(13-24)8-10-17/h7-12,15,26H,1-6H3/t15?,30-/m1/s1. The van der Waals surface area contributed by atoms with Crippen molar-refractivity contribution >= 4 is 22.3 Å². The quantitative estimate of drug-likeness (QED) is 0.644. The molecule has 3 rings (SSSR count). The fourth-order valence-corrected chi connectivity index (χ4v) is 4.04. The van der Waals surface area contributed by atoms with Crippen LogP contribution >= 0.6 is 0 Å². The zero-order valence-electron chi connectivity index (χ0n) is 18.1. The van der Waals surface area contributed by atoms with Crippen LogP contribution in [0.1, 0.15) is 50.4 Å². The fraction of sp³-hybridized carbons (Fsp3) is 0.348. The van der Waals surface area contributed by atoms with Gasteiger partial charge in [0.25, 0.3) is 5.56 Å². The molecule has 2 aromatic carbocycles. The molecule has 0 aliphatic heterocycles. The van der Waals surface area contributed by atoms with Crippen molar-refractivity contribution in [3.8, 4) is 17.5 Å². The molecule has 30 heavy (non-hydrogen) atoms. The third-order valence-corrected chi connectivity index (χ3v) is 6.61. The van der Waals surface area contributed by atoms with Gasteiger partial charge in [-0.05, 0) is 70.5 Å². The van der Waals surface area contributed by atoms with Gasteiger partial charge in [-0.25, -0.2) is 4.98 Å². The van der Waals surface area contributed by atoms with Crippen LogP contribution in [-0.4, -0.2) is 18.9 Å². The van der Waals surface area contributed by atoms with E-state index in [1.165, 1.54) is 4.57 Å². The molecular weight excluding hydrogens is 396 g/mol. The minimum atomic E-state index is -1.26. The summed E-state index contributed by atoms with van der Waals surface area (Å²) in [5.41, 5.74) is 3.51. The van der Waals surface area contributed by atoms with Crippen molar-refractivity contribution in [1.82, 2.24) is 14.3 Å². The average Bonchev–Trinajstić information content (AvgIpc) is 2.69. The van der Waals surface area contributed by atoms with Gasteiger partial charge in [0, 0.05) is 29.5 Å². The van der Waals surface area contributed by atoms with Gasteiger partial charge in [-0.2, -0.15) is 5.26 Å². The molecule has 3 aromatic rings. The number of nitrogens with one attached hydrogen (secondary N) is 1. The Kier molecular flexibility index (Phi) is 6.04. The summed E-state index contributed by atoms with van der Waals surface area (Å²) in [5, 5.41) is 9.57. The van der Waals surface area contributed by atoms with Gasteiger partial charge in [0.15, 0.2) is 0 Å². The second kappa shape index (κ2) is 8.23. The monoisotopic (exact) mass is 422 g/mol. The van der Waals surface area contributed by atoms with Crippen molar-refractivity contribution < 1.29 is 4.55 Å². The number of aromatic nitrogens is 2. The van der Waals surface area contributed by atoms with Gasteiger partial charge in [-0.1, -0.05) is 6.07 Å². The molecule has 0 spiro atoms. The molecule has 0 fully saturated rings. The summed E-state index contributed by atoms with van der Waals surface area (Å²) in [6.07, 6.45) is 0. The summed E-state index contributed by atoms with van der Waals surface area (Å²) in [6.45, 7) is 9.60. The van der Waals surface area contributed by atoms with Crippen LogP contribution in [0.15, 0.2) is 41.2 Å². The number of fused-ring (bicyclic) bond motifs is 1. The zero-order valence-corrected chi connectivity index (χ0v) is 18.9. The maximum atomic E-state index is 13.1. The Balaban J connectivity index is 2.20. The lowest BCUT2D eigenvalue weighted by Gasteiger charge is -2.27. The van der Waals surface area contributed by atoms with Gasteiger partial charge in [0.2, 0.25) is 0 Å². The van der Waals surface area contributed by atoms with Crippen molar-refractivity contribution in [2.75, 3.05) is 0 Å². The first-order valence-electron chi connectivity index (χ1n) is 9.73. The number of hydrogen-bond donors (Lipinski definition) is 1. The molecule has 0 saturated carbocycles. The van der Waals surface area contributed by atoms with Crippen LogP contribution in [0.25, 0.3) is 22.3 Å². The summed E-state index contributed by atoms with van der Waals surface area (Å²) in [5.74, 6) is 0.520. The van der Waals surface area contributed by atoms with Crippen LogP contribution < -0.4 is 10.3 Å². The topological polar surface area (TPSA) is 93.8 Å². The second-order valence-electron chi connectivity index (χ2n) is 8.46. The first-order chi connectivity index (χ1) is 14.0. The van der Waals surface area contributed by atoms with E-state index in [4.69, 9.17) is 10.2 Å². The molecule has 0 aliphatic rings. The van der Waals surface area contributed by atoms with E-state index in [0.717, 1.165) is 16.7 Å². The van der Waals surface area contributed by atoms with E-state index in [-0.39, 0.29) is 11.6 Å². The Hall–Kier alpha value is -2.66. The largest absolute Gasteiger partial charge is 0.598 e. The van der Waals surface area contributed by atoms with Crippen molar-refractivity contribution in [3.05, 3.63) is 63.4 Å². The van der Waals surface area contributed by atoms with Crippen LogP contribution in [0.2, 0.25) is 0 Å². The van der Waals surface area contributed by atoms with E-state index in [1.54, 1.807) is 31.3 Å². The molecular formula is C23H26N4O2S. The highest BCUT2D eigenvalue weighted by Crippen LogP contribution is 2.27. The molecule has 0 saturated heterocycles. The predicted molar refractivity (Wildman–Crippen MR) is 121 cm³/mol. The highest BCUT2D eigenvalue weighted by atomic mass is 32.2. The van der Waals surface area contributed by atoms with Crippen molar-refractivity contribution in [3.63, 3.8) is 0 Å². The Morgan fingerprint density at radius 3 is 2.43 bits per heavy atom. The van der Waals surface area contributed by atoms with Gasteiger partial charge in [-0.15, -0.1) is 4.72 Å². The third-order valence-electron chi connectivity index (χ3n) is 4.93. The van der Waals surface area contributed by atoms with Crippen LogP contribution in [0.5, 0.6) is 0 Å². The van der Waals surface area contributed by atoms with Crippen LogP contribution in [0, 0.1) is 18.3 Å². The summed E-state index contributed by atoms with van der Waals surface area (Å²) in [4.78, 5) is 18.0. The number of rotatable bonds is 4. The smallest absolute Gasteiger partial charge is 0.261 e. The van der Waals surface area contributed by atoms with Crippen molar-refractivity contribution in [1.29, 1.82) is 5.26 Å². The molecule has 1 unspecified atom stereocenters. The molecule has 156 valence electrons. The second-order valence-corrected chi connectivity index (χ2v) is 10.5. The number of nitrogens with zero attached hydrogens (tertiary/aromatic N) is 3. The van der Waals surface area contributed by atoms with Gasteiger partial charge >= 0.3 is 0 Å². The SMILES string of the molecule is Cc1cc(C(C)N[S@+]([O-])C(C)(C)C)c2nc(-c3ccc(C#N)cc3)n(C)c(=O)c2c1. The van der Waals surface area contributed by atoms with E-state index < -0.39 is 16.1 Å². The highest BCUT2D eigenvalue weighted by molar-refractivity contribution is 7.90. The molecule has 2 atom stereocenters. The maximum absolute atomic E-state index is 13.1. The van der Waals surface area contributed by atoms with Gasteiger partial charge in [0.1, 0.15) is 10.6 Å². The molecule has 7 heteroatoms. The van der Waals surface area contributed by atoms with Crippen molar-refractivity contribution in [2.24, 2.45) is 7.05 Å². The minimum absolute atomic E-state index is 0.145. The van der Waals surface area contributed by atoms with Crippen LogP contribution in [-0.2, 0) is 18.4 Å². The summed E-state index contributed by atoms with van der Waals surface area (Å²) >= 11 is -1.26. The summed E-state index contributed by atoms with van der Waals surface area (Å²) in [6, 6.07) is 12.6. The molecule has 0 amide bonds. The normalized spacial score (nSPS) is 13.8. The van der Waals surface area contributed by atoms with Gasteiger partial charge in [-0.3, -0.25) is 9.36 Å². The molecule has 1 heterocycles. The van der Waals surface area contributed by atoms with Crippen molar-refractivity contribution in [2.45, 2.75) is 45.4 Å². The number of hydrogen-bond acceptors (Lipinski definition) is 5. The summed E-state index contributed by atoms with van der Waals surface area (Å²) in [7, 11) is 1.70.